The minimum absolute atomic E-state index is 0.512. The Morgan fingerprint density at radius 3 is 2.27 bits per heavy atom. The Balaban J connectivity index is 2.17. The molecule has 0 aromatic carbocycles. The first-order valence-corrected chi connectivity index (χ1v) is 4.79. The Morgan fingerprint density at radius 2 is 1.82 bits per heavy atom. The van der Waals surface area contributed by atoms with Crippen LogP contribution in [0.3, 0.4) is 0 Å². The first kappa shape index (κ1) is 9.36. The fourth-order valence-electron chi connectivity index (χ4n) is 1.40. The highest BCUT2D eigenvalue weighted by molar-refractivity contribution is 7.80. The molecule has 0 saturated carbocycles. The van der Waals surface area contributed by atoms with Gasteiger partial charge in [-0.15, -0.1) is 0 Å². The topological polar surface area (TPSA) is 6.48 Å². The van der Waals surface area contributed by atoms with Gasteiger partial charge in [-0.3, -0.25) is 4.90 Å². The van der Waals surface area contributed by atoms with Crippen LogP contribution in [0.4, 0.5) is 0 Å². The third-order valence-electron chi connectivity index (χ3n) is 2.12. The molecule has 0 unspecified atom stereocenters. The summed E-state index contributed by atoms with van der Waals surface area (Å²) >= 11 is 4.38. The van der Waals surface area contributed by atoms with Crippen molar-refractivity contribution in [3.63, 3.8) is 0 Å². The molecule has 1 atom stereocenters. The van der Waals surface area contributed by atoms with Crippen molar-refractivity contribution >= 4 is 12.6 Å². The van der Waals surface area contributed by atoms with Crippen molar-refractivity contribution in [1.82, 2.24) is 9.80 Å². The lowest BCUT2D eigenvalue weighted by Crippen LogP contribution is -2.46. The molecule has 0 bridgehead atoms. The van der Waals surface area contributed by atoms with Crippen molar-refractivity contribution in [3.05, 3.63) is 0 Å². The summed E-state index contributed by atoms with van der Waals surface area (Å²) in [6.45, 7) is 8.13. The SMILES string of the molecule is C[C@@H](S)CN1CCN(C)CC1. The quantitative estimate of drug-likeness (QED) is 0.611. The number of rotatable bonds is 2. The van der Waals surface area contributed by atoms with Crippen LogP contribution in [0.5, 0.6) is 0 Å². The molecule has 0 aliphatic carbocycles. The van der Waals surface area contributed by atoms with E-state index in [-0.39, 0.29) is 0 Å². The molecule has 1 aliphatic rings. The molecule has 11 heavy (non-hydrogen) atoms. The fourth-order valence-corrected chi connectivity index (χ4v) is 1.64. The molecule has 0 aromatic heterocycles. The number of likely N-dealkylation sites (N-methyl/N-ethyl adjacent to an activating group) is 1. The van der Waals surface area contributed by atoms with E-state index >= 15 is 0 Å². The van der Waals surface area contributed by atoms with Gasteiger partial charge in [-0.2, -0.15) is 12.6 Å². The Hall–Kier alpha value is 0.270. The average Bonchev–Trinajstić information content (AvgIpc) is 1.93. The fraction of sp³-hybridized carbons (Fsp3) is 1.00. The summed E-state index contributed by atoms with van der Waals surface area (Å²) in [5.74, 6) is 0. The van der Waals surface area contributed by atoms with Gasteiger partial charge in [0.05, 0.1) is 0 Å². The first-order valence-electron chi connectivity index (χ1n) is 4.27. The molecule has 1 rings (SSSR count). The van der Waals surface area contributed by atoms with Crippen LogP contribution < -0.4 is 0 Å². The van der Waals surface area contributed by atoms with Crippen LogP contribution in [-0.4, -0.2) is 54.8 Å². The van der Waals surface area contributed by atoms with Crippen molar-refractivity contribution in [2.24, 2.45) is 0 Å². The van der Waals surface area contributed by atoms with E-state index in [1.54, 1.807) is 0 Å². The second kappa shape index (κ2) is 4.33. The highest BCUT2D eigenvalue weighted by Crippen LogP contribution is 2.02. The zero-order chi connectivity index (χ0) is 8.27. The van der Waals surface area contributed by atoms with Crippen molar-refractivity contribution in [1.29, 1.82) is 0 Å². The second-order valence-electron chi connectivity index (χ2n) is 3.45. The third-order valence-corrected chi connectivity index (χ3v) is 2.28. The van der Waals surface area contributed by atoms with Gasteiger partial charge in [0.1, 0.15) is 0 Å². The number of hydrogen-bond acceptors (Lipinski definition) is 3. The molecule has 0 aromatic rings. The smallest absolute Gasteiger partial charge is 0.0116 e. The molecule has 0 radical (unpaired) electrons. The number of piperazine rings is 1. The van der Waals surface area contributed by atoms with Crippen LogP contribution in [0.15, 0.2) is 0 Å². The van der Waals surface area contributed by atoms with Crippen LogP contribution in [0, 0.1) is 0 Å². The summed E-state index contributed by atoms with van der Waals surface area (Å²) in [6, 6.07) is 0. The molecular formula is C8H18N2S. The summed E-state index contributed by atoms with van der Waals surface area (Å²) in [6.07, 6.45) is 0. The van der Waals surface area contributed by atoms with Gasteiger partial charge in [0, 0.05) is 38.0 Å². The minimum Gasteiger partial charge on any atom is -0.304 e. The van der Waals surface area contributed by atoms with E-state index < -0.39 is 0 Å². The summed E-state index contributed by atoms with van der Waals surface area (Å²) in [5.41, 5.74) is 0. The molecule has 0 N–H and O–H groups in total. The maximum absolute atomic E-state index is 4.38. The summed E-state index contributed by atoms with van der Waals surface area (Å²) in [4.78, 5) is 4.86. The number of hydrogen-bond donors (Lipinski definition) is 1. The Morgan fingerprint density at radius 1 is 1.27 bits per heavy atom. The van der Waals surface area contributed by atoms with Gasteiger partial charge < -0.3 is 4.90 Å². The predicted molar refractivity (Wildman–Crippen MR) is 52.4 cm³/mol. The van der Waals surface area contributed by atoms with Crippen molar-refractivity contribution in [3.8, 4) is 0 Å². The average molecular weight is 174 g/mol. The maximum Gasteiger partial charge on any atom is 0.0116 e. The zero-order valence-corrected chi connectivity index (χ0v) is 8.35. The second-order valence-corrected chi connectivity index (χ2v) is 4.33. The van der Waals surface area contributed by atoms with Gasteiger partial charge >= 0.3 is 0 Å². The van der Waals surface area contributed by atoms with Gasteiger partial charge in [-0.1, -0.05) is 6.92 Å². The largest absolute Gasteiger partial charge is 0.304 e. The minimum atomic E-state index is 0.512. The van der Waals surface area contributed by atoms with Crippen molar-refractivity contribution in [2.45, 2.75) is 12.2 Å². The molecule has 1 heterocycles. The number of nitrogens with zero attached hydrogens (tertiary/aromatic N) is 2. The third kappa shape index (κ3) is 3.45. The molecule has 1 fully saturated rings. The maximum atomic E-state index is 4.38. The molecule has 2 nitrogen and oxygen atoms in total. The van der Waals surface area contributed by atoms with E-state index in [0.717, 1.165) is 6.54 Å². The summed E-state index contributed by atoms with van der Waals surface area (Å²) in [5, 5.41) is 0.512. The van der Waals surface area contributed by atoms with E-state index in [1.165, 1.54) is 26.2 Å². The Labute approximate surface area is 75.0 Å². The Bertz CT molecular complexity index is 109. The molecule has 1 aliphatic heterocycles. The van der Waals surface area contributed by atoms with E-state index in [9.17, 15) is 0 Å². The number of thiol groups is 1. The van der Waals surface area contributed by atoms with Gasteiger partial charge in [0.15, 0.2) is 0 Å². The van der Waals surface area contributed by atoms with Crippen molar-refractivity contribution in [2.75, 3.05) is 39.8 Å². The zero-order valence-electron chi connectivity index (χ0n) is 7.45. The van der Waals surface area contributed by atoms with Crippen LogP contribution in [0.25, 0.3) is 0 Å². The summed E-state index contributed by atoms with van der Waals surface area (Å²) in [7, 11) is 2.18. The van der Waals surface area contributed by atoms with Gasteiger partial charge in [-0.25, -0.2) is 0 Å². The highest BCUT2D eigenvalue weighted by atomic mass is 32.1. The van der Waals surface area contributed by atoms with Gasteiger partial charge in [0.25, 0.3) is 0 Å². The lowest BCUT2D eigenvalue weighted by Gasteiger charge is -2.33. The monoisotopic (exact) mass is 174 g/mol. The lowest BCUT2D eigenvalue weighted by atomic mass is 10.3. The lowest BCUT2D eigenvalue weighted by molar-refractivity contribution is 0.156. The molecule has 0 amide bonds. The molecule has 3 heteroatoms. The van der Waals surface area contributed by atoms with E-state index in [0.29, 0.717) is 5.25 Å². The Kier molecular flexibility index (Phi) is 3.69. The van der Waals surface area contributed by atoms with Crippen LogP contribution >= 0.6 is 12.6 Å². The molecule has 0 spiro atoms. The van der Waals surface area contributed by atoms with E-state index in [1.807, 2.05) is 0 Å². The summed E-state index contributed by atoms with van der Waals surface area (Å²) < 4.78 is 0. The predicted octanol–water partition coefficient (Wildman–Crippen LogP) is 0.552. The molecule has 1 saturated heterocycles. The first-order chi connectivity index (χ1) is 5.18. The van der Waals surface area contributed by atoms with Crippen LogP contribution in [-0.2, 0) is 0 Å². The molecular weight excluding hydrogens is 156 g/mol. The van der Waals surface area contributed by atoms with E-state index in [4.69, 9.17) is 0 Å². The van der Waals surface area contributed by atoms with Gasteiger partial charge in [-0.05, 0) is 7.05 Å². The normalized spacial score (nSPS) is 25.4. The van der Waals surface area contributed by atoms with Crippen LogP contribution in [0.2, 0.25) is 0 Å². The highest BCUT2D eigenvalue weighted by Gasteiger charge is 2.13. The van der Waals surface area contributed by atoms with E-state index in [2.05, 4.69) is 36.4 Å². The van der Waals surface area contributed by atoms with Crippen molar-refractivity contribution < 1.29 is 0 Å². The molecule has 66 valence electrons. The standard InChI is InChI=1S/C8H18N2S/c1-8(11)7-10-5-3-9(2)4-6-10/h8,11H,3-7H2,1-2H3/t8-/m1/s1. The van der Waals surface area contributed by atoms with Crippen LogP contribution in [0.1, 0.15) is 6.92 Å². The van der Waals surface area contributed by atoms with Gasteiger partial charge in [0.2, 0.25) is 0 Å².